The molecule has 0 aromatic heterocycles. The molecule has 0 atom stereocenters. The zero-order chi connectivity index (χ0) is 13.7. The molecule has 2 fully saturated rings. The number of rotatable bonds is 6. The zero-order valence-electron chi connectivity index (χ0n) is 12.8. The number of hydrogen-bond donors (Lipinski definition) is 1. The van der Waals surface area contributed by atoms with E-state index in [-0.39, 0.29) is 0 Å². The number of hydrogen-bond acceptors (Lipinski definition) is 4. The molecule has 0 spiro atoms. The van der Waals surface area contributed by atoms with Gasteiger partial charge in [0.15, 0.2) is 0 Å². The molecule has 1 aliphatic heterocycles. The summed E-state index contributed by atoms with van der Waals surface area (Å²) in [6.45, 7) is 8.69. The van der Waals surface area contributed by atoms with E-state index in [1.54, 1.807) is 0 Å². The van der Waals surface area contributed by atoms with E-state index in [1.807, 2.05) is 0 Å². The number of likely N-dealkylation sites (N-methyl/N-ethyl adjacent to an activating group) is 1. The Morgan fingerprint density at radius 1 is 1.00 bits per heavy atom. The molecule has 1 saturated heterocycles. The molecule has 0 aromatic rings. The maximum absolute atomic E-state index is 4.63. The average molecular weight is 286 g/mol. The van der Waals surface area contributed by atoms with E-state index in [4.69, 9.17) is 0 Å². The highest BCUT2D eigenvalue weighted by atomic mass is 32.1. The highest BCUT2D eigenvalue weighted by Crippen LogP contribution is 2.39. The van der Waals surface area contributed by atoms with Crippen molar-refractivity contribution in [1.82, 2.24) is 14.7 Å². The maximum Gasteiger partial charge on any atom is 0.0110 e. The molecule has 4 heteroatoms. The molecule has 2 rings (SSSR count). The lowest BCUT2D eigenvalue weighted by Crippen LogP contribution is -2.50. The van der Waals surface area contributed by atoms with Crippen LogP contribution in [-0.4, -0.2) is 80.4 Å². The minimum atomic E-state index is 0.537. The molecule has 0 radical (unpaired) electrons. The topological polar surface area (TPSA) is 9.72 Å². The van der Waals surface area contributed by atoms with Crippen LogP contribution >= 0.6 is 12.6 Å². The van der Waals surface area contributed by atoms with Crippen molar-refractivity contribution in [3.63, 3.8) is 0 Å². The largest absolute Gasteiger partial charge is 0.308 e. The van der Waals surface area contributed by atoms with Crippen molar-refractivity contribution in [2.75, 3.05) is 65.7 Å². The van der Waals surface area contributed by atoms with Gasteiger partial charge in [-0.15, -0.1) is 0 Å². The van der Waals surface area contributed by atoms with Crippen LogP contribution in [0.1, 0.15) is 25.7 Å². The summed E-state index contributed by atoms with van der Waals surface area (Å²) >= 11 is 4.63. The molecule has 19 heavy (non-hydrogen) atoms. The molecule has 2 aliphatic rings. The van der Waals surface area contributed by atoms with Crippen molar-refractivity contribution in [2.24, 2.45) is 5.41 Å². The summed E-state index contributed by atoms with van der Waals surface area (Å²) in [5, 5.41) is 0. The van der Waals surface area contributed by atoms with Crippen LogP contribution in [0.5, 0.6) is 0 Å². The molecular weight excluding hydrogens is 254 g/mol. The molecule has 0 amide bonds. The normalized spacial score (nSPS) is 25.3. The summed E-state index contributed by atoms with van der Waals surface area (Å²) in [5.41, 5.74) is 0.537. The summed E-state index contributed by atoms with van der Waals surface area (Å²) < 4.78 is 0. The highest BCUT2D eigenvalue weighted by molar-refractivity contribution is 7.80. The fourth-order valence-electron chi connectivity index (χ4n) is 3.48. The van der Waals surface area contributed by atoms with Crippen molar-refractivity contribution in [1.29, 1.82) is 0 Å². The molecule has 0 bridgehead atoms. The molecule has 1 heterocycles. The van der Waals surface area contributed by atoms with Gasteiger partial charge in [0, 0.05) is 45.8 Å². The second-order valence-electron chi connectivity index (χ2n) is 6.79. The maximum atomic E-state index is 4.63. The van der Waals surface area contributed by atoms with Gasteiger partial charge >= 0.3 is 0 Å². The van der Waals surface area contributed by atoms with Crippen LogP contribution in [0.4, 0.5) is 0 Å². The van der Waals surface area contributed by atoms with E-state index in [9.17, 15) is 0 Å². The Balaban J connectivity index is 1.71. The Morgan fingerprint density at radius 3 is 2.11 bits per heavy atom. The van der Waals surface area contributed by atoms with Crippen LogP contribution in [0, 0.1) is 5.41 Å². The summed E-state index contributed by atoms with van der Waals surface area (Å²) in [5.74, 6) is 1.08. The summed E-state index contributed by atoms with van der Waals surface area (Å²) in [6.07, 6.45) is 5.64. The monoisotopic (exact) mass is 285 g/mol. The van der Waals surface area contributed by atoms with Gasteiger partial charge in [0.25, 0.3) is 0 Å². The van der Waals surface area contributed by atoms with Gasteiger partial charge in [0.1, 0.15) is 0 Å². The van der Waals surface area contributed by atoms with Crippen molar-refractivity contribution in [3.8, 4) is 0 Å². The van der Waals surface area contributed by atoms with E-state index in [0.717, 1.165) is 5.75 Å². The van der Waals surface area contributed by atoms with Gasteiger partial charge in [0.05, 0.1) is 0 Å². The van der Waals surface area contributed by atoms with E-state index >= 15 is 0 Å². The fourth-order valence-corrected chi connectivity index (χ4v) is 3.89. The lowest BCUT2D eigenvalue weighted by molar-refractivity contribution is 0.0908. The van der Waals surface area contributed by atoms with Crippen molar-refractivity contribution in [3.05, 3.63) is 0 Å². The lowest BCUT2D eigenvalue weighted by atomic mass is 9.87. The predicted molar refractivity (Wildman–Crippen MR) is 86.2 cm³/mol. The van der Waals surface area contributed by atoms with Gasteiger partial charge in [0.2, 0.25) is 0 Å². The Morgan fingerprint density at radius 2 is 1.58 bits per heavy atom. The van der Waals surface area contributed by atoms with E-state index < -0.39 is 0 Å². The quantitative estimate of drug-likeness (QED) is 0.744. The Labute approximate surface area is 124 Å². The van der Waals surface area contributed by atoms with Crippen molar-refractivity contribution >= 4 is 12.6 Å². The molecule has 0 N–H and O–H groups in total. The van der Waals surface area contributed by atoms with Crippen LogP contribution in [-0.2, 0) is 0 Å². The third-order valence-corrected chi connectivity index (χ3v) is 5.56. The number of nitrogens with zero attached hydrogens (tertiary/aromatic N) is 3. The van der Waals surface area contributed by atoms with Gasteiger partial charge in [-0.2, -0.15) is 12.6 Å². The highest BCUT2D eigenvalue weighted by Gasteiger charge is 2.34. The number of thiol groups is 1. The molecule has 1 saturated carbocycles. The second-order valence-corrected chi connectivity index (χ2v) is 7.10. The molecule has 3 nitrogen and oxygen atoms in total. The molecule has 112 valence electrons. The zero-order valence-corrected chi connectivity index (χ0v) is 13.7. The van der Waals surface area contributed by atoms with Crippen molar-refractivity contribution < 1.29 is 0 Å². The van der Waals surface area contributed by atoms with E-state index in [2.05, 4.69) is 41.4 Å². The minimum Gasteiger partial charge on any atom is -0.308 e. The van der Waals surface area contributed by atoms with Crippen LogP contribution in [0.2, 0.25) is 0 Å². The first kappa shape index (κ1) is 15.6. The molecule has 1 aliphatic carbocycles. The second kappa shape index (κ2) is 7.30. The van der Waals surface area contributed by atoms with Gasteiger partial charge < -0.3 is 9.80 Å². The Bertz CT molecular complexity index is 256. The third-order valence-electron chi connectivity index (χ3n) is 4.89. The van der Waals surface area contributed by atoms with Gasteiger partial charge in [-0.05, 0) is 38.1 Å². The lowest BCUT2D eigenvalue weighted by Gasteiger charge is -2.40. The fraction of sp³-hybridized carbons (Fsp3) is 1.00. The first-order valence-corrected chi connectivity index (χ1v) is 8.47. The third kappa shape index (κ3) is 4.62. The van der Waals surface area contributed by atoms with Crippen LogP contribution in [0.15, 0.2) is 0 Å². The molecule has 0 unspecified atom stereocenters. The minimum absolute atomic E-state index is 0.537. The predicted octanol–water partition coefficient (Wildman–Crippen LogP) is 1.66. The summed E-state index contributed by atoms with van der Waals surface area (Å²) in [6, 6.07) is 0. The van der Waals surface area contributed by atoms with Crippen LogP contribution in [0.25, 0.3) is 0 Å². The van der Waals surface area contributed by atoms with Gasteiger partial charge in [-0.3, -0.25) is 4.90 Å². The van der Waals surface area contributed by atoms with Gasteiger partial charge in [-0.1, -0.05) is 12.8 Å². The molecule has 0 aromatic carbocycles. The number of piperazine rings is 1. The first-order valence-electron chi connectivity index (χ1n) is 7.84. The SMILES string of the molecule is CN(C)CCN1CCN(CC2(CS)CCCC2)CC1. The smallest absolute Gasteiger partial charge is 0.0110 e. The van der Waals surface area contributed by atoms with Crippen LogP contribution in [0.3, 0.4) is 0 Å². The average Bonchev–Trinajstić information content (AvgIpc) is 2.87. The van der Waals surface area contributed by atoms with E-state index in [1.165, 1.54) is 71.5 Å². The molecular formula is C15H31N3S. The Hall–Kier alpha value is 0.230. The first-order chi connectivity index (χ1) is 9.13. The Kier molecular flexibility index (Phi) is 6.00. The summed E-state index contributed by atoms with van der Waals surface area (Å²) in [4.78, 5) is 7.58. The van der Waals surface area contributed by atoms with Crippen molar-refractivity contribution in [2.45, 2.75) is 25.7 Å². The van der Waals surface area contributed by atoms with E-state index in [0.29, 0.717) is 5.41 Å². The standard InChI is InChI=1S/C15H31N3S/c1-16(2)7-8-17-9-11-18(12-10-17)13-15(14-19)5-3-4-6-15/h19H,3-14H2,1-2H3. The summed E-state index contributed by atoms with van der Waals surface area (Å²) in [7, 11) is 4.32. The van der Waals surface area contributed by atoms with Gasteiger partial charge in [-0.25, -0.2) is 0 Å². The van der Waals surface area contributed by atoms with Crippen LogP contribution < -0.4 is 0 Å².